The summed E-state index contributed by atoms with van der Waals surface area (Å²) in [5.41, 5.74) is 0.171. The predicted octanol–water partition coefficient (Wildman–Crippen LogP) is 3.01. The molecule has 0 amide bonds. The van der Waals surface area contributed by atoms with E-state index in [-0.39, 0.29) is 24.4 Å². The third-order valence-corrected chi connectivity index (χ3v) is 4.41. The van der Waals surface area contributed by atoms with Crippen LogP contribution in [0.2, 0.25) is 0 Å². The first-order valence-electron chi connectivity index (χ1n) is 9.93. The zero-order valence-corrected chi connectivity index (χ0v) is 18.5. The molecule has 2 atom stereocenters. The molecule has 2 unspecified atom stereocenters. The second kappa shape index (κ2) is 12.7. The second-order valence-electron chi connectivity index (χ2n) is 8.06. The number of esters is 1. The molecule has 1 saturated heterocycles. The van der Waals surface area contributed by atoms with Gasteiger partial charge in [-0.25, -0.2) is 4.79 Å². The molecule has 1 heterocycles. The van der Waals surface area contributed by atoms with Gasteiger partial charge in [0.1, 0.15) is 6.61 Å². The molecule has 1 aliphatic heterocycles. The fourth-order valence-corrected chi connectivity index (χ4v) is 2.68. The quantitative estimate of drug-likeness (QED) is 0.478. The molecular weight excluding hydrogens is 350 g/mol. The van der Waals surface area contributed by atoms with Gasteiger partial charge < -0.3 is 19.3 Å². The molecule has 1 aliphatic rings. The second-order valence-corrected chi connectivity index (χ2v) is 8.06. The molecule has 0 saturated carbocycles. The van der Waals surface area contributed by atoms with Gasteiger partial charge in [-0.15, -0.1) is 0 Å². The van der Waals surface area contributed by atoms with Crippen LogP contribution >= 0.6 is 0 Å². The molecule has 7 nitrogen and oxygen atoms in total. The molecule has 0 bridgehead atoms. The number of hydrogen-bond donors (Lipinski definition) is 1. The molecule has 162 valence electrons. The van der Waals surface area contributed by atoms with Crippen molar-refractivity contribution in [2.24, 2.45) is 11.3 Å². The first-order chi connectivity index (χ1) is 12.5. The number of aliphatic hydroxyl groups excluding tert-OH is 1. The smallest absolute Gasteiger partial charge is 0.337 e. The van der Waals surface area contributed by atoms with Gasteiger partial charge in [0.15, 0.2) is 11.9 Å². The van der Waals surface area contributed by atoms with Gasteiger partial charge in [-0.1, -0.05) is 41.0 Å². The SMILES string of the molecule is CC(ON(C)C)C(=O)OCCO.CCCC1(C(C)CC)OCC(C)(C)CO1. The Hall–Kier alpha value is -0.730. The Morgan fingerprint density at radius 2 is 1.74 bits per heavy atom. The van der Waals surface area contributed by atoms with Crippen LogP contribution in [0.3, 0.4) is 0 Å². The van der Waals surface area contributed by atoms with E-state index >= 15 is 0 Å². The fourth-order valence-electron chi connectivity index (χ4n) is 2.68. The third kappa shape index (κ3) is 9.85. The van der Waals surface area contributed by atoms with Gasteiger partial charge >= 0.3 is 5.97 Å². The van der Waals surface area contributed by atoms with E-state index in [0.29, 0.717) is 5.92 Å². The Kier molecular flexibility index (Phi) is 12.3. The molecule has 0 aliphatic carbocycles. The van der Waals surface area contributed by atoms with Crippen LogP contribution < -0.4 is 0 Å². The van der Waals surface area contributed by atoms with Crippen LogP contribution in [0.4, 0.5) is 0 Å². The monoisotopic (exact) mass is 391 g/mol. The van der Waals surface area contributed by atoms with E-state index in [1.807, 2.05) is 0 Å². The molecule has 1 N–H and O–H groups in total. The molecular formula is C20H41NO6. The minimum absolute atomic E-state index is 0.0139. The van der Waals surface area contributed by atoms with E-state index in [0.717, 1.165) is 32.5 Å². The van der Waals surface area contributed by atoms with Crippen molar-refractivity contribution in [3.63, 3.8) is 0 Å². The number of rotatable bonds is 9. The zero-order valence-electron chi connectivity index (χ0n) is 18.5. The minimum Gasteiger partial charge on any atom is -0.461 e. The van der Waals surface area contributed by atoms with E-state index < -0.39 is 12.1 Å². The van der Waals surface area contributed by atoms with Crippen molar-refractivity contribution >= 4 is 5.97 Å². The van der Waals surface area contributed by atoms with Crippen molar-refractivity contribution in [2.75, 3.05) is 40.5 Å². The predicted molar refractivity (Wildman–Crippen MR) is 105 cm³/mol. The standard InChI is InChI=1S/C13H26O2.C7H15NO4/c1-6-8-13(11(3)7-2)14-9-12(4,5)10-15-13;1-6(12-8(2)3)7(10)11-5-4-9/h11H,6-10H2,1-5H3;6,9H,4-5H2,1-3H3. The molecule has 0 aromatic rings. The number of carbonyl (C=O) groups excluding carboxylic acids is 1. The molecule has 1 rings (SSSR count). The van der Waals surface area contributed by atoms with E-state index in [9.17, 15) is 4.79 Å². The molecule has 27 heavy (non-hydrogen) atoms. The summed E-state index contributed by atoms with van der Waals surface area (Å²) < 4.78 is 16.7. The van der Waals surface area contributed by atoms with Crippen LogP contribution in [0, 0.1) is 11.3 Å². The lowest BCUT2D eigenvalue weighted by Gasteiger charge is -2.46. The van der Waals surface area contributed by atoms with Crippen LogP contribution in [-0.4, -0.2) is 68.6 Å². The molecule has 0 spiro atoms. The molecule has 7 heteroatoms. The molecule has 0 aromatic heterocycles. The lowest BCUT2D eigenvalue weighted by molar-refractivity contribution is -0.323. The normalized spacial score (nSPS) is 20.4. The largest absolute Gasteiger partial charge is 0.461 e. The number of hydroxylamine groups is 2. The van der Waals surface area contributed by atoms with Gasteiger partial charge in [0.05, 0.1) is 19.8 Å². The van der Waals surface area contributed by atoms with E-state index in [2.05, 4.69) is 39.4 Å². The Bertz CT molecular complexity index is 403. The summed E-state index contributed by atoms with van der Waals surface area (Å²) in [6.07, 6.45) is 2.61. The summed E-state index contributed by atoms with van der Waals surface area (Å²) in [5, 5.41) is 9.77. The van der Waals surface area contributed by atoms with Crippen LogP contribution in [0.25, 0.3) is 0 Å². The lowest BCUT2D eigenvalue weighted by Crippen LogP contribution is -2.51. The molecule has 0 aromatic carbocycles. The highest BCUT2D eigenvalue weighted by atomic mass is 16.7. The first kappa shape index (κ1) is 26.3. The van der Waals surface area contributed by atoms with Gasteiger partial charge in [0.25, 0.3) is 0 Å². The number of carbonyl (C=O) groups is 1. The van der Waals surface area contributed by atoms with Crippen molar-refractivity contribution in [3.05, 3.63) is 0 Å². The van der Waals surface area contributed by atoms with Crippen LogP contribution in [-0.2, 0) is 23.8 Å². The van der Waals surface area contributed by atoms with Crippen LogP contribution in [0.5, 0.6) is 0 Å². The van der Waals surface area contributed by atoms with Crippen LogP contribution in [0.15, 0.2) is 0 Å². The van der Waals surface area contributed by atoms with E-state index in [1.165, 1.54) is 5.06 Å². The van der Waals surface area contributed by atoms with Gasteiger partial charge in [0.2, 0.25) is 0 Å². The van der Waals surface area contributed by atoms with Crippen molar-refractivity contribution < 1.29 is 28.9 Å². The summed E-state index contributed by atoms with van der Waals surface area (Å²) in [4.78, 5) is 15.9. The highest BCUT2D eigenvalue weighted by Crippen LogP contribution is 2.38. The van der Waals surface area contributed by atoms with Crippen molar-refractivity contribution in [2.45, 2.75) is 72.7 Å². The highest BCUT2D eigenvalue weighted by Gasteiger charge is 2.43. The Labute approximate surface area is 165 Å². The maximum absolute atomic E-state index is 11.0. The summed E-state index contributed by atoms with van der Waals surface area (Å²) in [6.45, 7) is 14.1. The van der Waals surface area contributed by atoms with Crippen LogP contribution in [0.1, 0.15) is 60.8 Å². The highest BCUT2D eigenvalue weighted by molar-refractivity contribution is 5.74. The van der Waals surface area contributed by atoms with Crippen molar-refractivity contribution in [1.82, 2.24) is 5.06 Å². The average molecular weight is 392 g/mol. The average Bonchev–Trinajstić information content (AvgIpc) is 2.61. The Morgan fingerprint density at radius 1 is 1.19 bits per heavy atom. The molecule has 0 radical (unpaired) electrons. The van der Waals surface area contributed by atoms with E-state index in [4.69, 9.17) is 19.4 Å². The van der Waals surface area contributed by atoms with Crippen molar-refractivity contribution in [3.8, 4) is 0 Å². The third-order valence-electron chi connectivity index (χ3n) is 4.41. The summed E-state index contributed by atoms with van der Waals surface area (Å²) in [5.74, 6) is -0.301. The summed E-state index contributed by atoms with van der Waals surface area (Å²) in [6, 6.07) is 0. The lowest BCUT2D eigenvalue weighted by atomic mass is 9.89. The van der Waals surface area contributed by atoms with Gasteiger partial charge in [-0.2, -0.15) is 5.06 Å². The number of aliphatic hydroxyl groups is 1. The Balaban J connectivity index is 0.000000516. The zero-order chi connectivity index (χ0) is 21.1. The summed E-state index contributed by atoms with van der Waals surface area (Å²) in [7, 11) is 3.35. The summed E-state index contributed by atoms with van der Waals surface area (Å²) >= 11 is 0. The topological polar surface area (TPSA) is 77.5 Å². The maximum Gasteiger partial charge on any atom is 0.337 e. The molecule has 1 fully saturated rings. The van der Waals surface area contributed by atoms with Crippen molar-refractivity contribution in [1.29, 1.82) is 0 Å². The number of nitrogens with zero attached hydrogens (tertiary/aromatic N) is 1. The van der Waals surface area contributed by atoms with Gasteiger partial charge in [-0.3, -0.25) is 4.84 Å². The van der Waals surface area contributed by atoms with Gasteiger partial charge in [0, 0.05) is 31.8 Å². The fraction of sp³-hybridized carbons (Fsp3) is 0.950. The number of ether oxygens (including phenoxy) is 3. The van der Waals surface area contributed by atoms with Gasteiger partial charge in [-0.05, 0) is 13.3 Å². The first-order valence-corrected chi connectivity index (χ1v) is 9.93. The minimum atomic E-state index is -0.633. The Morgan fingerprint density at radius 3 is 2.15 bits per heavy atom. The number of hydrogen-bond acceptors (Lipinski definition) is 7. The maximum atomic E-state index is 11.0. The van der Waals surface area contributed by atoms with E-state index in [1.54, 1.807) is 21.0 Å².